The van der Waals surface area contributed by atoms with E-state index in [2.05, 4.69) is 28.2 Å². The summed E-state index contributed by atoms with van der Waals surface area (Å²) in [7, 11) is 1.97. The molecule has 0 fully saturated rings. The summed E-state index contributed by atoms with van der Waals surface area (Å²) < 4.78 is 4.91. The molecule has 0 aliphatic carbocycles. The smallest absolute Gasteiger partial charge is 0.268 e. The number of rotatable bonds is 5. The van der Waals surface area contributed by atoms with Crippen LogP contribution in [-0.2, 0) is 20.1 Å². The Morgan fingerprint density at radius 2 is 2.26 bits per heavy atom. The third kappa shape index (κ3) is 3.29. The molecule has 0 saturated heterocycles. The molecule has 1 N–H and O–H groups in total. The maximum absolute atomic E-state index is 12.2. The number of amides is 1. The van der Waals surface area contributed by atoms with Crippen LogP contribution >= 0.6 is 15.9 Å². The van der Waals surface area contributed by atoms with Crippen LogP contribution in [0.5, 0.6) is 0 Å². The van der Waals surface area contributed by atoms with Crippen LogP contribution in [-0.4, -0.2) is 15.0 Å². The molecule has 4 nitrogen and oxygen atoms in total. The van der Waals surface area contributed by atoms with Crippen molar-refractivity contribution >= 4 is 21.8 Å². The first-order valence-electron chi connectivity index (χ1n) is 6.36. The molecule has 2 aromatic heterocycles. The monoisotopic (exact) mass is 323 g/mol. The highest BCUT2D eigenvalue weighted by molar-refractivity contribution is 9.10. The van der Waals surface area contributed by atoms with Gasteiger partial charge in [0.15, 0.2) is 0 Å². The Balaban J connectivity index is 2.05. The Morgan fingerprint density at radius 3 is 2.89 bits per heavy atom. The zero-order valence-electron chi connectivity index (χ0n) is 11.2. The molecule has 0 bridgehead atoms. The Morgan fingerprint density at radius 1 is 1.47 bits per heavy atom. The number of halogens is 1. The molecule has 2 heterocycles. The molecule has 1 amide bonds. The highest BCUT2D eigenvalue weighted by Gasteiger charge is 2.12. The summed E-state index contributed by atoms with van der Waals surface area (Å²) in [4.78, 5) is 12.2. The van der Waals surface area contributed by atoms with Crippen molar-refractivity contribution in [2.75, 3.05) is 0 Å². The predicted octanol–water partition coefficient (Wildman–Crippen LogP) is 2.93. The van der Waals surface area contributed by atoms with Crippen LogP contribution in [0, 0.1) is 0 Å². The molecule has 0 aromatic carbocycles. The summed E-state index contributed by atoms with van der Waals surface area (Å²) >= 11 is 3.42. The second-order valence-corrected chi connectivity index (χ2v) is 5.45. The summed E-state index contributed by atoms with van der Waals surface area (Å²) in [6.45, 7) is 3.48. The highest BCUT2D eigenvalue weighted by Crippen LogP contribution is 2.15. The van der Waals surface area contributed by atoms with E-state index >= 15 is 0 Å². The van der Waals surface area contributed by atoms with E-state index in [9.17, 15) is 4.79 Å². The first kappa shape index (κ1) is 13.9. The van der Waals surface area contributed by atoms with Gasteiger partial charge in [-0.15, -0.1) is 0 Å². The van der Waals surface area contributed by atoms with Crippen LogP contribution in [0.3, 0.4) is 0 Å². The summed E-state index contributed by atoms with van der Waals surface area (Å²) in [5, 5.41) is 2.95. The molecular weight excluding hydrogens is 306 g/mol. The zero-order chi connectivity index (χ0) is 13.8. The molecule has 0 unspecified atom stereocenters. The lowest BCUT2D eigenvalue weighted by Gasteiger charge is -2.09. The molecule has 0 aliphatic heterocycles. The van der Waals surface area contributed by atoms with E-state index in [4.69, 9.17) is 0 Å². The summed E-state index contributed by atoms with van der Waals surface area (Å²) in [6, 6.07) is 5.83. The number of hydrogen-bond acceptors (Lipinski definition) is 1. The Labute approximate surface area is 121 Å². The Hall–Kier alpha value is -1.49. The topological polar surface area (TPSA) is 39.0 Å². The Kier molecular flexibility index (Phi) is 4.47. The quantitative estimate of drug-likeness (QED) is 0.902. The van der Waals surface area contributed by atoms with Crippen molar-refractivity contribution in [2.24, 2.45) is 7.05 Å². The van der Waals surface area contributed by atoms with Gasteiger partial charge in [-0.1, -0.05) is 6.92 Å². The Bertz CT molecular complexity index is 571. The van der Waals surface area contributed by atoms with E-state index in [-0.39, 0.29) is 5.91 Å². The first-order valence-corrected chi connectivity index (χ1v) is 7.15. The van der Waals surface area contributed by atoms with Crippen LogP contribution in [0.1, 0.15) is 29.5 Å². The van der Waals surface area contributed by atoms with Crippen molar-refractivity contribution in [3.8, 4) is 0 Å². The van der Waals surface area contributed by atoms with Crippen molar-refractivity contribution < 1.29 is 4.79 Å². The fourth-order valence-electron chi connectivity index (χ4n) is 2.03. The average Bonchev–Trinajstić information content (AvgIpc) is 2.93. The van der Waals surface area contributed by atoms with Crippen LogP contribution in [0.4, 0.5) is 0 Å². The SMILES string of the molecule is CCCn1cc(Br)cc1C(=O)NCc1cccn1C. The van der Waals surface area contributed by atoms with E-state index in [0.29, 0.717) is 12.2 Å². The van der Waals surface area contributed by atoms with Gasteiger partial charge in [0.05, 0.1) is 6.54 Å². The lowest BCUT2D eigenvalue weighted by atomic mass is 10.3. The molecule has 0 radical (unpaired) electrons. The van der Waals surface area contributed by atoms with Crippen LogP contribution in [0.25, 0.3) is 0 Å². The molecule has 0 atom stereocenters. The molecule has 102 valence electrons. The second kappa shape index (κ2) is 6.10. The minimum Gasteiger partial charge on any atom is -0.353 e. The van der Waals surface area contributed by atoms with Gasteiger partial charge in [-0.25, -0.2) is 0 Å². The van der Waals surface area contributed by atoms with Crippen LogP contribution < -0.4 is 5.32 Å². The number of carbonyl (C=O) groups is 1. The van der Waals surface area contributed by atoms with Gasteiger partial charge in [-0.2, -0.15) is 0 Å². The lowest BCUT2D eigenvalue weighted by molar-refractivity contribution is 0.0940. The largest absolute Gasteiger partial charge is 0.353 e. The number of nitrogens with one attached hydrogen (secondary N) is 1. The zero-order valence-corrected chi connectivity index (χ0v) is 12.8. The van der Waals surface area contributed by atoms with Crippen molar-refractivity contribution in [1.29, 1.82) is 0 Å². The molecule has 19 heavy (non-hydrogen) atoms. The normalized spacial score (nSPS) is 10.7. The van der Waals surface area contributed by atoms with Gasteiger partial charge in [0.1, 0.15) is 5.69 Å². The standard InChI is InChI=1S/C14H18BrN3O/c1-3-6-18-10-11(15)8-13(18)14(19)16-9-12-5-4-7-17(12)2/h4-5,7-8,10H,3,6,9H2,1-2H3,(H,16,19). The number of carbonyl (C=O) groups excluding carboxylic acids is 1. The molecule has 0 saturated carbocycles. The average molecular weight is 324 g/mol. The van der Waals surface area contributed by atoms with Gasteiger partial charge in [0, 0.05) is 36.2 Å². The number of aryl methyl sites for hydroxylation is 2. The van der Waals surface area contributed by atoms with Crippen LogP contribution in [0.15, 0.2) is 35.1 Å². The van der Waals surface area contributed by atoms with Gasteiger partial charge in [-0.3, -0.25) is 4.79 Å². The van der Waals surface area contributed by atoms with Crippen molar-refractivity contribution in [3.05, 3.63) is 46.5 Å². The minimum atomic E-state index is -0.0413. The minimum absolute atomic E-state index is 0.0413. The lowest BCUT2D eigenvalue weighted by Crippen LogP contribution is -2.26. The van der Waals surface area contributed by atoms with Gasteiger partial charge in [0.25, 0.3) is 5.91 Å². The molecule has 0 aliphatic rings. The van der Waals surface area contributed by atoms with Crippen molar-refractivity contribution in [3.63, 3.8) is 0 Å². The van der Waals surface area contributed by atoms with E-state index in [1.807, 2.05) is 46.8 Å². The summed E-state index contributed by atoms with van der Waals surface area (Å²) in [5.41, 5.74) is 1.78. The van der Waals surface area contributed by atoms with Gasteiger partial charge >= 0.3 is 0 Å². The second-order valence-electron chi connectivity index (χ2n) is 4.53. The molecule has 0 spiro atoms. The van der Waals surface area contributed by atoms with E-state index in [1.54, 1.807) is 0 Å². The fourth-order valence-corrected chi connectivity index (χ4v) is 2.50. The summed E-state index contributed by atoms with van der Waals surface area (Å²) in [6.07, 6.45) is 4.91. The molecule has 2 aromatic rings. The highest BCUT2D eigenvalue weighted by atomic mass is 79.9. The number of nitrogens with zero attached hydrogens (tertiary/aromatic N) is 2. The fraction of sp³-hybridized carbons (Fsp3) is 0.357. The third-order valence-electron chi connectivity index (χ3n) is 3.04. The number of aromatic nitrogens is 2. The van der Waals surface area contributed by atoms with E-state index in [1.165, 1.54) is 0 Å². The van der Waals surface area contributed by atoms with Gasteiger partial charge in [0.2, 0.25) is 0 Å². The van der Waals surface area contributed by atoms with Gasteiger partial charge in [-0.05, 0) is 40.5 Å². The van der Waals surface area contributed by atoms with Crippen LogP contribution in [0.2, 0.25) is 0 Å². The van der Waals surface area contributed by atoms with E-state index in [0.717, 1.165) is 23.1 Å². The van der Waals surface area contributed by atoms with E-state index < -0.39 is 0 Å². The predicted molar refractivity (Wildman–Crippen MR) is 79.0 cm³/mol. The third-order valence-corrected chi connectivity index (χ3v) is 3.48. The van der Waals surface area contributed by atoms with Gasteiger partial charge < -0.3 is 14.5 Å². The maximum Gasteiger partial charge on any atom is 0.268 e. The first-order chi connectivity index (χ1) is 9.11. The molecule has 5 heteroatoms. The molecular formula is C14H18BrN3O. The molecule has 2 rings (SSSR count). The van der Waals surface area contributed by atoms with Crippen molar-refractivity contribution in [1.82, 2.24) is 14.5 Å². The van der Waals surface area contributed by atoms with Crippen molar-refractivity contribution in [2.45, 2.75) is 26.4 Å². The number of hydrogen-bond donors (Lipinski definition) is 1. The maximum atomic E-state index is 12.2. The summed E-state index contributed by atoms with van der Waals surface area (Å²) in [5.74, 6) is -0.0413.